The second kappa shape index (κ2) is 5.51. The molecule has 0 saturated carbocycles. The van der Waals surface area contributed by atoms with Crippen LogP contribution in [0.25, 0.3) is 0 Å². The average molecular weight is 319 g/mol. The summed E-state index contributed by atoms with van der Waals surface area (Å²) in [6.45, 7) is -1.71. The number of pyridine rings is 1. The van der Waals surface area contributed by atoms with Gasteiger partial charge >= 0.3 is 6.18 Å². The predicted molar refractivity (Wildman–Crippen MR) is 64.0 cm³/mol. The summed E-state index contributed by atoms with van der Waals surface area (Å²) < 4.78 is 64.9. The zero-order valence-corrected chi connectivity index (χ0v) is 11.1. The van der Waals surface area contributed by atoms with E-state index in [1.54, 1.807) is 6.07 Å². The third-order valence-corrected chi connectivity index (χ3v) is 3.41. The Kier molecular flexibility index (Phi) is 4.04. The summed E-state index contributed by atoms with van der Waals surface area (Å²) in [5, 5.41) is 8.58. The minimum absolute atomic E-state index is 0.0395. The van der Waals surface area contributed by atoms with Crippen LogP contribution < -0.4 is 0 Å². The molecule has 1 aliphatic rings. The number of carbonyl (C=O) groups excluding carboxylic acids is 1. The Balaban J connectivity index is 2.15. The lowest BCUT2D eigenvalue weighted by molar-refractivity contribution is -0.254. The first-order valence-electron chi connectivity index (χ1n) is 6.25. The third-order valence-electron chi connectivity index (χ3n) is 3.41. The molecule has 0 aliphatic carbocycles. The van der Waals surface area contributed by atoms with Crippen LogP contribution in [0.2, 0.25) is 0 Å². The maximum Gasteiger partial charge on any atom is 0.397 e. The lowest BCUT2D eigenvalue weighted by Gasteiger charge is -2.38. The first kappa shape index (κ1) is 16.1. The molecule has 1 fully saturated rings. The highest BCUT2D eigenvalue weighted by atomic mass is 19.4. The Labute approximate surface area is 122 Å². The van der Waals surface area contributed by atoms with Crippen LogP contribution >= 0.6 is 0 Å². The molecule has 1 saturated heterocycles. The number of nitrogens with zero attached hydrogens (tertiary/aromatic N) is 3. The van der Waals surface area contributed by atoms with Gasteiger partial charge in [-0.3, -0.25) is 4.79 Å². The fraction of sp³-hybridized carbons (Fsp3) is 0.462. The molecule has 2 rings (SSSR count). The van der Waals surface area contributed by atoms with Gasteiger partial charge in [0.2, 0.25) is 0 Å². The molecule has 2 heterocycles. The molecule has 0 N–H and O–H groups in total. The van der Waals surface area contributed by atoms with Crippen molar-refractivity contribution in [1.29, 1.82) is 5.26 Å². The number of hydrogen-bond donors (Lipinski definition) is 0. The average Bonchev–Trinajstić information content (AvgIpc) is 2.44. The van der Waals surface area contributed by atoms with Crippen molar-refractivity contribution in [2.24, 2.45) is 5.92 Å². The second-order valence-electron chi connectivity index (χ2n) is 4.91. The number of aromatic nitrogens is 1. The van der Waals surface area contributed by atoms with Gasteiger partial charge in [0, 0.05) is 12.7 Å². The SMILES string of the molecule is N#Cc1ccc(C(=O)N2CCC(C(F)(F)F)C(F)(F)C2)cn1. The summed E-state index contributed by atoms with van der Waals surface area (Å²) >= 11 is 0. The smallest absolute Gasteiger partial charge is 0.333 e. The molecular weight excluding hydrogens is 309 g/mol. The van der Waals surface area contributed by atoms with Gasteiger partial charge in [-0.2, -0.15) is 18.4 Å². The maximum atomic E-state index is 13.6. The number of piperidine rings is 1. The molecule has 0 bridgehead atoms. The summed E-state index contributed by atoms with van der Waals surface area (Å²) in [5.74, 6) is -7.62. The molecule has 0 spiro atoms. The van der Waals surface area contributed by atoms with E-state index < -0.39 is 43.4 Å². The zero-order chi connectivity index (χ0) is 16.5. The standard InChI is InChI=1S/C13H10F5N3O/c14-12(15)7-21(4-3-10(12)13(16,17)18)11(22)8-1-2-9(5-19)20-6-8/h1-2,6,10H,3-4,7H2. The van der Waals surface area contributed by atoms with Crippen molar-refractivity contribution in [3.8, 4) is 6.07 Å². The van der Waals surface area contributed by atoms with Crippen molar-refractivity contribution in [2.75, 3.05) is 13.1 Å². The lowest BCUT2D eigenvalue weighted by atomic mass is 9.92. The van der Waals surface area contributed by atoms with Crippen LogP contribution in [0.5, 0.6) is 0 Å². The highest BCUT2D eigenvalue weighted by Gasteiger charge is 2.58. The van der Waals surface area contributed by atoms with Crippen molar-refractivity contribution >= 4 is 5.91 Å². The Morgan fingerprint density at radius 1 is 1.41 bits per heavy atom. The maximum absolute atomic E-state index is 13.6. The summed E-state index contributed by atoms with van der Waals surface area (Å²) in [7, 11) is 0. The van der Waals surface area contributed by atoms with E-state index in [1.807, 2.05) is 0 Å². The Morgan fingerprint density at radius 2 is 2.09 bits per heavy atom. The second-order valence-corrected chi connectivity index (χ2v) is 4.91. The van der Waals surface area contributed by atoms with Gasteiger partial charge in [-0.15, -0.1) is 0 Å². The van der Waals surface area contributed by atoms with E-state index in [9.17, 15) is 26.7 Å². The third kappa shape index (κ3) is 3.16. The number of carbonyl (C=O) groups is 1. The number of likely N-dealkylation sites (tertiary alicyclic amines) is 1. The molecule has 1 aliphatic heterocycles. The number of alkyl halides is 5. The first-order valence-corrected chi connectivity index (χ1v) is 6.25. The van der Waals surface area contributed by atoms with E-state index in [0.717, 1.165) is 6.20 Å². The first-order chi connectivity index (χ1) is 10.1. The van der Waals surface area contributed by atoms with Gasteiger partial charge in [0.15, 0.2) is 0 Å². The van der Waals surface area contributed by atoms with Crippen molar-refractivity contribution in [1.82, 2.24) is 9.88 Å². The number of nitriles is 1. The van der Waals surface area contributed by atoms with Gasteiger partial charge in [-0.25, -0.2) is 13.8 Å². The van der Waals surface area contributed by atoms with Crippen molar-refractivity contribution < 1.29 is 26.7 Å². The quantitative estimate of drug-likeness (QED) is 0.748. The molecule has 1 aromatic heterocycles. The van der Waals surface area contributed by atoms with Crippen LogP contribution in [0.15, 0.2) is 18.3 Å². The van der Waals surface area contributed by atoms with Crippen LogP contribution in [0.3, 0.4) is 0 Å². The van der Waals surface area contributed by atoms with E-state index >= 15 is 0 Å². The molecule has 9 heteroatoms. The minimum atomic E-state index is -5.01. The molecule has 1 amide bonds. The molecule has 0 aromatic carbocycles. The molecule has 1 unspecified atom stereocenters. The van der Waals surface area contributed by atoms with E-state index in [-0.39, 0.29) is 11.3 Å². The van der Waals surface area contributed by atoms with Crippen LogP contribution in [0.4, 0.5) is 22.0 Å². The van der Waals surface area contributed by atoms with Crippen LogP contribution in [-0.4, -0.2) is 41.0 Å². The van der Waals surface area contributed by atoms with Crippen LogP contribution in [0, 0.1) is 17.2 Å². The van der Waals surface area contributed by atoms with Crippen LogP contribution in [-0.2, 0) is 0 Å². The highest BCUT2D eigenvalue weighted by Crippen LogP contribution is 2.43. The van der Waals surface area contributed by atoms with Gasteiger partial charge in [0.05, 0.1) is 12.1 Å². The molecule has 4 nitrogen and oxygen atoms in total. The van der Waals surface area contributed by atoms with Gasteiger partial charge in [-0.05, 0) is 18.6 Å². The van der Waals surface area contributed by atoms with Crippen molar-refractivity contribution in [3.05, 3.63) is 29.6 Å². The number of amides is 1. The number of hydrogen-bond acceptors (Lipinski definition) is 3. The van der Waals surface area contributed by atoms with E-state index in [4.69, 9.17) is 5.26 Å². The highest BCUT2D eigenvalue weighted by molar-refractivity contribution is 5.94. The fourth-order valence-corrected chi connectivity index (χ4v) is 2.29. The lowest BCUT2D eigenvalue weighted by Crippen LogP contribution is -2.54. The summed E-state index contributed by atoms with van der Waals surface area (Å²) in [5.41, 5.74) is -0.0158. The van der Waals surface area contributed by atoms with E-state index in [1.165, 1.54) is 12.1 Å². The molecule has 22 heavy (non-hydrogen) atoms. The summed E-state index contributed by atoms with van der Waals surface area (Å²) in [4.78, 5) is 16.3. The molecule has 1 atom stereocenters. The molecule has 1 aromatic rings. The predicted octanol–water partition coefficient (Wildman–Crippen LogP) is 2.61. The summed E-state index contributed by atoms with van der Waals surface area (Å²) in [6, 6.07) is 4.18. The Bertz CT molecular complexity index is 606. The topological polar surface area (TPSA) is 57.0 Å². The minimum Gasteiger partial charge on any atom is -0.333 e. The van der Waals surface area contributed by atoms with Gasteiger partial charge < -0.3 is 4.90 Å². The zero-order valence-electron chi connectivity index (χ0n) is 11.1. The number of rotatable bonds is 1. The van der Waals surface area contributed by atoms with Crippen LogP contribution in [0.1, 0.15) is 22.5 Å². The fourth-order valence-electron chi connectivity index (χ4n) is 2.29. The van der Waals surface area contributed by atoms with Gasteiger partial charge in [0.1, 0.15) is 17.7 Å². The number of halogens is 5. The Morgan fingerprint density at radius 3 is 2.55 bits per heavy atom. The van der Waals surface area contributed by atoms with Gasteiger partial charge in [-0.1, -0.05) is 0 Å². The van der Waals surface area contributed by atoms with Crippen molar-refractivity contribution in [3.63, 3.8) is 0 Å². The Hall–Kier alpha value is -2.24. The molecule has 0 radical (unpaired) electrons. The molecular formula is C13H10F5N3O. The van der Waals surface area contributed by atoms with Gasteiger partial charge in [0.25, 0.3) is 11.8 Å². The largest absolute Gasteiger partial charge is 0.397 e. The monoisotopic (exact) mass is 319 g/mol. The van der Waals surface area contributed by atoms with E-state index in [0.29, 0.717) is 4.90 Å². The molecule has 118 valence electrons. The summed E-state index contributed by atoms with van der Waals surface area (Å²) in [6.07, 6.45) is -4.82. The van der Waals surface area contributed by atoms with Crippen molar-refractivity contribution in [2.45, 2.75) is 18.5 Å². The normalized spacial score (nSPS) is 21.3. The van der Waals surface area contributed by atoms with E-state index in [2.05, 4.69) is 4.98 Å².